The third kappa shape index (κ3) is 3.60. The quantitative estimate of drug-likeness (QED) is 0.864. The summed E-state index contributed by atoms with van der Waals surface area (Å²) in [6.45, 7) is 9.92. The lowest BCUT2D eigenvalue weighted by atomic mass is 9.60. The van der Waals surface area contributed by atoms with Gasteiger partial charge in [-0.2, -0.15) is 0 Å². The molecule has 0 heterocycles. The first-order valence-corrected chi connectivity index (χ1v) is 6.99. The summed E-state index contributed by atoms with van der Waals surface area (Å²) in [5.74, 6) is -0.428. The smallest absolute Gasteiger partial charge is 0.0479 e. The van der Waals surface area contributed by atoms with Crippen LogP contribution in [0.1, 0.15) is 53.0 Å². The van der Waals surface area contributed by atoms with Crippen molar-refractivity contribution in [3.05, 3.63) is 35.9 Å². The second kappa shape index (κ2) is 6.89. The van der Waals surface area contributed by atoms with Gasteiger partial charge in [-0.3, -0.25) is 0 Å². The zero-order valence-corrected chi connectivity index (χ0v) is 13.7. The van der Waals surface area contributed by atoms with Crippen molar-refractivity contribution in [3.8, 4) is 0 Å². The van der Waals surface area contributed by atoms with E-state index in [1.807, 2.05) is 37.3 Å². The Bertz CT molecular complexity index is 426. The van der Waals surface area contributed by atoms with E-state index in [0.29, 0.717) is 5.92 Å². The van der Waals surface area contributed by atoms with Crippen molar-refractivity contribution in [1.82, 2.24) is 6.15 Å². The van der Waals surface area contributed by atoms with E-state index >= 15 is 0 Å². The first-order chi connectivity index (χ1) is 8.72. The minimum Gasteiger partial charge on any atom is -0.550 e. The van der Waals surface area contributed by atoms with Gasteiger partial charge in [0.2, 0.25) is 0 Å². The molecule has 1 rings (SSSR count). The number of aliphatic carboxylic acids is 1. The zero-order chi connectivity index (χ0) is 14.7. The highest BCUT2D eigenvalue weighted by atomic mass is 16.4. The fraction of sp³-hybridized carbons (Fsp3) is 0.588. The molecule has 0 radical (unpaired) electrons. The van der Waals surface area contributed by atoms with E-state index in [1.165, 1.54) is 0 Å². The molecule has 3 heteroatoms. The van der Waals surface area contributed by atoms with Crippen LogP contribution in [0.3, 0.4) is 0 Å². The molecule has 4 N–H and O–H groups in total. The molecule has 3 nitrogen and oxygen atoms in total. The molecule has 0 aromatic heterocycles. The molecule has 0 aliphatic carbocycles. The summed E-state index contributed by atoms with van der Waals surface area (Å²) in [5.41, 5.74) is -0.245. The highest BCUT2D eigenvalue weighted by Gasteiger charge is 2.43. The predicted octanol–water partition coefficient (Wildman–Crippen LogP) is 3.53. The third-order valence-corrected chi connectivity index (χ3v) is 4.52. The van der Waals surface area contributed by atoms with E-state index in [0.717, 1.165) is 18.4 Å². The average molecular weight is 279 g/mol. The van der Waals surface area contributed by atoms with E-state index in [9.17, 15) is 9.90 Å². The summed E-state index contributed by atoms with van der Waals surface area (Å²) in [6, 6.07) is 9.93. The van der Waals surface area contributed by atoms with E-state index in [1.54, 1.807) is 13.8 Å². The molecular weight excluding hydrogens is 250 g/mol. The van der Waals surface area contributed by atoms with Crippen molar-refractivity contribution in [3.63, 3.8) is 0 Å². The molecule has 0 bridgehead atoms. The molecule has 20 heavy (non-hydrogen) atoms. The van der Waals surface area contributed by atoms with Crippen molar-refractivity contribution >= 4 is 5.97 Å². The molecule has 0 aliphatic rings. The van der Waals surface area contributed by atoms with Crippen LogP contribution in [0.15, 0.2) is 30.3 Å². The first-order valence-electron chi connectivity index (χ1n) is 6.99. The second-order valence-electron chi connectivity index (χ2n) is 6.54. The number of carbonyl (C=O) groups excluding carboxylic acids is 1. The Morgan fingerprint density at radius 3 is 2.05 bits per heavy atom. The SMILES string of the molecule is CC(C)CCC(C)(c1ccccc1)C(C)(C)C(=O)[O-].[NH4+]. The Morgan fingerprint density at radius 2 is 1.65 bits per heavy atom. The number of rotatable bonds is 6. The lowest BCUT2D eigenvalue weighted by molar-refractivity contribution is -0.321. The van der Waals surface area contributed by atoms with Gasteiger partial charge in [0.05, 0.1) is 0 Å². The number of hydrogen-bond donors (Lipinski definition) is 1. The van der Waals surface area contributed by atoms with Crippen LogP contribution in [-0.2, 0) is 10.2 Å². The van der Waals surface area contributed by atoms with Crippen molar-refractivity contribution in [2.75, 3.05) is 0 Å². The van der Waals surface area contributed by atoms with Gasteiger partial charge in [0, 0.05) is 16.8 Å². The molecular formula is C17H29NO2. The second-order valence-corrected chi connectivity index (χ2v) is 6.54. The number of carbonyl (C=O) groups is 1. The van der Waals surface area contributed by atoms with Gasteiger partial charge in [0.15, 0.2) is 0 Å². The molecule has 0 saturated heterocycles. The minimum atomic E-state index is -0.984. The fourth-order valence-electron chi connectivity index (χ4n) is 2.43. The summed E-state index contributed by atoms with van der Waals surface area (Å²) in [4.78, 5) is 11.6. The van der Waals surface area contributed by atoms with Crippen LogP contribution in [0.5, 0.6) is 0 Å². The molecule has 1 aromatic rings. The summed E-state index contributed by atoms with van der Waals surface area (Å²) in [7, 11) is 0. The van der Waals surface area contributed by atoms with E-state index in [-0.39, 0.29) is 6.15 Å². The Kier molecular flexibility index (Phi) is 6.42. The largest absolute Gasteiger partial charge is 0.550 e. The standard InChI is InChI=1S/C17H26O2.H3N/c1-13(2)11-12-17(5,16(3,4)15(18)19)14-9-7-6-8-10-14;/h6-10,13H,11-12H2,1-5H3,(H,18,19);1H3. The normalized spacial score (nSPS) is 14.5. The minimum absolute atomic E-state index is 0. The molecule has 0 saturated carbocycles. The van der Waals surface area contributed by atoms with Gasteiger partial charge >= 0.3 is 0 Å². The van der Waals surface area contributed by atoms with E-state index in [2.05, 4.69) is 13.8 Å². The highest BCUT2D eigenvalue weighted by Crippen LogP contribution is 2.45. The van der Waals surface area contributed by atoms with Crippen molar-refractivity contribution in [2.45, 2.75) is 52.9 Å². The zero-order valence-electron chi connectivity index (χ0n) is 13.7. The summed E-state index contributed by atoms with van der Waals surface area (Å²) in [6.07, 6.45) is 1.85. The van der Waals surface area contributed by atoms with Gasteiger partial charge < -0.3 is 16.1 Å². The maximum absolute atomic E-state index is 11.6. The lowest BCUT2D eigenvalue weighted by Crippen LogP contribution is -2.51. The molecule has 0 aliphatic heterocycles. The van der Waals surface area contributed by atoms with Crippen LogP contribution in [0.25, 0.3) is 0 Å². The molecule has 1 aromatic carbocycles. The molecule has 0 amide bonds. The van der Waals surface area contributed by atoms with Crippen LogP contribution in [0, 0.1) is 11.3 Å². The van der Waals surface area contributed by atoms with E-state index in [4.69, 9.17) is 0 Å². The first kappa shape index (κ1) is 18.7. The number of hydrogen-bond acceptors (Lipinski definition) is 2. The molecule has 0 fully saturated rings. The van der Waals surface area contributed by atoms with Crippen LogP contribution in [0.4, 0.5) is 0 Å². The Hall–Kier alpha value is -1.35. The van der Waals surface area contributed by atoms with Gasteiger partial charge in [-0.25, -0.2) is 0 Å². The van der Waals surface area contributed by atoms with Gasteiger partial charge in [0.1, 0.15) is 0 Å². The van der Waals surface area contributed by atoms with Gasteiger partial charge in [-0.05, 0) is 17.9 Å². The molecule has 114 valence electrons. The maximum atomic E-state index is 11.6. The fourth-order valence-corrected chi connectivity index (χ4v) is 2.43. The monoisotopic (exact) mass is 279 g/mol. The van der Waals surface area contributed by atoms with E-state index < -0.39 is 16.8 Å². The third-order valence-electron chi connectivity index (χ3n) is 4.52. The topological polar surface area (TPSA) is 76.6 Å². The number of benzene rings is 1. The predicted molar refractivity (Wildman–Crippen MR) is 82.6 cm³/mol. The molecule has 1 unspecified atom stereocenters. The summed E-state index contributed by atoms with van der Waals surface area (Å²) in [5, 5.41) is 11.6. The van der Waals surface area contributed by atoms with Crippen LogP contribution >= 0.6 is 0 Å². The average Bonchev–Trinajstić information content (AvgIpc) is 2.36. The van der Waals surface area contributed by atoms with Gasteiger partial charge in [-0.1, -0.05) is 71.4 Å². The van der Waals surface area contributed by atoms with Crippen molar-refractivity contribution < 1.29 is 9.90 Å². The van der Waals surface area contributed by atoms with Crippen LogP contribution in [-0.4, -0.2) is 5.97 Å². The summed E-state index contributed by atoms with van der Waals surface area (Å²) < 4.78 is 0. The molecule has 0 spiro atoms. The van der Waals surface area contributed by atoms with Crippen molar-refractivity contribution in [1.29, 1.82) is 0 Å². The van der Waals surface area contributed by atoms with Gasteiger partial charge in [-0.15, -0.1) is 0 Å². The summed E-state index contributed by atoms with van der Waals surface area (Å²) >= 11 is 0. The van der Waals surface area contributed by atoms with Crippen LogP contribution in [0.2, 0.25) is 0 Å². The number of carboxylic acid groups (broad SMARTS) is 1. The van der Waals surface area contributed by atoms with Gasteiger partial charge in [0.25, 0.3) is 0 Å². The van der Waals surface area contributed by atoms with Crippen molar-refractivity contribution in [2.24, 2.45) is 11.3 Å². The molecule has 1 atom stereocenters. The van der Waals surface area contributed by atoms with Crippen LogP contribution < -0.4 is 11.3 Å². The number of carboxylic acids is 1. The Balaban J connectivity index is 0.00000361. The highest BCUT2D eigenvalue weighted by molar-refractivity contribution is 5.74. The Morgan fingerprint density at radius 1 is 1.15 bits per heavy atom. The number of quaternary nitrogens is 1. The lowest BCUT2D eigenvalue weighted by Gasteiger charge is -2.46. The Labute approximate surface area is 123 Å². The maximum Gasteiger partial charge on any atom is 0.0479 e.